The van der Waals surface area contributed by atoms with Gasteiger partial charge < -0.3 is 10.1 Å². The molecule has 0 heterocycles. The molecule has 0 fully saturated rings. The fourth-order valence-electron chi connectivity index (χ4n) is 2.01. The van der Waals surface area contributed by atoms with Crippen LogP contribution in [0.25, 0.3) is 0 Å². The van der Waals surface area contributed by atoms with Crippen LogP contribution in [0, 0.1) is 5.82 Å². The molecule has 0 radical (unpaired) electrons. The Labute approximate surface area is 129 Å². The molecule has 7 heteroatoms. The fraction of sp³-hybridized carbons (Fsp3) is 0.467. The Morgan fingerprint density at radius 1 is 1.41 bits per heavy atom. The normalized spacial score (nSPS) is 11.9. The number of carbonyl (C=O) groups is 2. The number of hydrogen-bond acceptors (Lipinski definition) is 4. The predicted molar refractivity (Wildman–Crippen MR) is 81.1 cm³/mol. The zero-order chi connectivity index (χ0) is 16.7. The molecule has 3 amide bonds. The van der Waals surface area contributed by atoms with E-state index in [0.717, 1.165) is 5.56 Å². The Bertz CT molecular complexity index is 537. The van der Waals surface area contributed by atoms with Crippen LogP contribution in [-0.4, -0.2) is 43.6 Å². The van der Waals surface area contributed by atoms with Crippen LogP contribution >= 0.6 is 0 Å². The van der Waals surface area contributed by atoms with Gasteiger partial charge in [0.2, 0.25) is 5.91 Å². The van der Waals surface area contributed by atoms with Crippen LogP contribution < -0.4 is 15.4 Å². The van der Waals surface area contributed by atoms with Gasteiger partial charge in [-0.1, -0.05) is 13.0 Å². The largest absolute Gasteiger partial charge is 0.494 e. The van der Waals surface area contributed by atoms with Crippen molar-refractivity contribution in [2.24, 2.45) is 0 Å². The van der Waals surface area contributed by atoms with Crippen molar-refractivity contribution in [1.82, 2.24) is 15.5 Å². The summed E-state index contributed by atoms with van der Waals surface area (Å²) in [4.78, 5) is 25.0. The summed E-state index contributed by atoms with van der Waals surface area (Å²) < 4.78 is 18.6. The second-order valence-electron chi connectivity index (χ2n) is 4.78. The van der Waals surface area contributed by atoms with Gasteiger partial charge in [-0.05, 0) is 31.2 Å². The summed E-state index contributed by atoms with van der Waals surface area (Å²) in [6, 6.07) is 3.60. The van der Waals surface area contributed by atoms with Crippen molar-refractivity contribution < 1.29 is 18.7 Å². The molecule has 0 saturated heterocycles. The molecule has 1 aromatic carbocycles. The lowest BCUT2D eigenvalue weighted by molar-refractivity contribution is -0.124. The zero-order valence-corrected chi connectivity index (χ0v) is 13.3. The number of nitrogens with one attached hydrogen (secondary N) is 2. The maximum absolute atomic E-state index is 13.7. The molecular formula is C15H22FN3O3. The molecule has 0 aliphatic carbocycles. The van der Waals surface area contributed by atoms with Crippen LogP contribution in [0.15, 0.2) is 18.2 Å². The molecule has 22 heavy (non-hydrogen) atoms. The predicted octanol–water partition coefficient (Wildman–Crippen LogP) is 1.50. The lowest BCUT2D eigenvalue weighted by atomic mass is 10.1. The minimum atomic E-state index is -0.552. The van der Waals surface area contributed by atoms with Crippen LogP contribution in [0.1, 0.15) is 19.4 Å². The lowest BCUT2D eigenvalue weighted by Crippen LogP contribution is -2.48. The number of ether oxygens (including phenoxy) is 1. The standard InChI is InChI=1S/C15H22FN3O3/c1-5-19(10(2)14(20)18-15(21)17-3)9-11-6-7-13(22-4)12(16)8-11/h6-8,10H,5,9H2,1-4H3,(H2,17,18,20,21)/t10-/m0/s1. The molecule has 0 aromatic heterocycles. The van der Waals surface area contributed by atoms with Gasteiger partial charge in [0, 0.05) is 13.6 Å². The number of likely N-dealkylation sites (N-methyl/N-ethyl adjacent to an activating group) is 1. The van der Waals surface area contributed by atoms with Crippen molar-refractivity contribution >= 4 is 11.9 Å². The summed E-state index contributed by atoms with van der Waals surface area (Å²) in [5.41, 5.74) is 0.722. The highest BCUT2D eigenvalue weighted by molar-refractivity contribution is 5.96. The smallest absolute Gasteiger partial charge is 0.321 e. The van der Waals surface area contributed by atoms with E-state index in [1.165, 1.54) is 20.2 Å². The summed E-state index contributed by atoms with van der Waals surface area (Å²) >= 11 is 0. The fourth-order valence-corrected chi connectivity index (χ4v) is 2.01. The highest BCUT2D eigenvalue weighted by Crippen LogP contribution is 2.19. The number of benzene rings is 1. The van der Waals surface area contributed by atoms with Crippen molar-refractivity contribution in [2.75, 3.05) is 20.7 Å². The average molecular weight is 311 g/mol. The number of imide groups is 1. The Morgan fingerprint density at radius 2 is 2.09 bits per heavy atom. The summed E-state index contributed by atoms with van der Waals surface area (Å²) in [7, 11) is 2.84. The van der Waals surface area contributed by atoms with E-state index in [9.17, 15) is 14.0 Å². The van der Waals surface area contributed by atoms with Gasteiger partial charge in [-0.25, -0.2) is 9.18 Å². The molecule has 0 aliphatic heterocycles. The molecule has 6 nitrogen and oxygen atoms in total. The van der Waals surface area contributed by atoms with Crippen LogP contribution in [0.4, 0.5) is 9.18 Å². The summed E-state index contributed by atoms with van der Waals surface area (Å²) in [6.45, 7) is 4.56. The number of nitrogens with zero attached hydrogens (tertiary/aromatic N) is 1. The van der Waals surface area contributed by atoms with Gasteiger partial charge in [-0.2, -0.15) is 0 Å². The lowest BCUT2D eigenvalue weighted by Gasteiger charge is -2.26. The molecule has 122 valence electrons. The van der Waals surface area contributed by atoms with E-state index in [2.05, 4.69) is 10.6 Å². The first kappa shape index (κ1) is 17.9. The Kier molecular flexibility index (Phi) is 6.78. The highest BCUT2D eigenvalue weighted by atomic mass is 19.1. The topological polar surface area (TPSA) is 70.7 Å². The number of halogens is 1. The molecule has 0 bridgehead atoms. The molecule has 0 spiro atoms. The minimum absolute atomic E-state index is 0.178. The van der Waals surface area contributed by atoms with E-state index in [0.29, 0.717) is 13.1 Å². The summed E-state index contributed by atoms with van der Waals surface area (Å²) in [5, 5.41) is 4.56. The molecule has 2 N–H and O–H groups in total. The van der Waals surface area contributed by atoms with Crippen molar-refractivity contribution in [3.05, 3.63) is 29.6 Å². The number of methoxy groups -OCH3 is 1. The van der Waals surface area contributed by atoms with Crippen molar-refractivity contribution in [1.29, 1.82) is 0 Å². The van der Waals surface area contributed by atoms with Gasteiger partial charge in [0.15, 0.2) is 11.6 Å². The van der Waals surface area contributed by atoms with Crippen LogP contribution in [0.2, 0.25) is 0 Å². The molecule has 1 atom stereocenters. The molecule has 0 saturated carbocycles. The van der Waals surface area contributed by atoms with E-state index in [4.69, 9.17) is 4.74 Å². The Hall–Kier alpha value is -2.15. The van der Waals surface area contributed by atoms with Crippen LogP contribution in [0.5, 0.6) is 5.75 Å². The minimum Gasteiger partial charge on any atom is -0.494 e. The molecule has 1 aromatic rings. The van der Waals surface area contributed by atoms with Gasteiger partial charge in [-0.3, -0.25) is 15.0 Å². The summed E-state index contributed by atoms with van der Waals surface area (Å²) in [5.74, 6) is -0.675. The zero-order valence-electron chi connectivity index (χ0n) is 13.3. The first-order valence-electron chi connectivity index (χ1n) is 7.01. The third-order valence-electron chi connectivity index (χ3n) is 3.40. The van der Waals surface area contributed by atoms with E-state index >= 15 is 0 Å². The van der Waals surface area contributed by atoms with Crippen molar-refractivity contribution in [3.8, 4) is 5.75 Å². The number of amides is 3. The molecule has 0 unspecified atom stereocenters. The molecule has 0 aliphatic rings. The highest BCUT2D eigenvalue weighted by Gasteiger charge is 2.22. The van der Waals surface area contributed by atoms with Gasteiger partial charge in [0.1, 0.15) is 0 Å². The second-order valence-corrected chi connectivity index (χ2v) is 4.78. The quantitative estimate of drug-likeness (QED) is 0.835. The molecule has 1 rings (SSSR count). The van der Waals surface area contributed by atoms with E-state index in [1.54, 1.807) is 19.1 Å². The van der Waals surface area contributed by atoms with E-state index in [1.807, 2.05) is 11.8 Å². The number of hydrogen-bond donors (Lipinski definition) is 2. The summed E-state index contributed by atoms with van der Waals surface area (Å²) in [6.07, 6.45) is 0. The monoisotopic (exact) mass is 311 g/mol. The van der Waals surface area contributed by atoms with Gasteiger partial charge in [-0.15, -0.1) is 0 Å². The number of carbonyl (C=O) groups excluding carboxylic acids is 2. The second kappa shape index (κ2) is 8.33. The Balaban J connectivity index is 2.77. The van der Waals surface area contributed by atoms with Crippen molar-refractivity contribution in [3.63, 3.8) is 0 Å². The van der Waals surface area contributed by atoms with Gasteiger partial charge in [0.05, 0.1) is 13.2 Å². The third kappa shape index (κ3) is 4.70. The van der Waals surface area contributed by atoms with Crippen LogP contribution in [-0.2, 0) is 11.3 Å². The molecular weight excluding hydrogens is 289 g/mol. The van der Waals surface area contributed by atoms with Crippen LogP contribution in [0.3, 0.4) is 0 Å². The number of urea groups is 1. The number of rotatable bonds is 6. The third-order valence-corrected chi connectivity index (χ3v) is 3.40. The Morgan fingerprint density at radius 3 is 2.59 bits per heavy atom. The van der Waals surface area contributed by atoms with E-state index < -0.39 is 23.8 Å². The van der Waals surface area contributed by atoms with Gasteiger partial charge >= 0.3 is 6.03 Å². The first-order chi connectivity index (χ1) is 10.4. The SMILES string of the molecule is CCN(Cc1ccc(OC)c(F)c1)[C@@H](C)C(=O)NC(=O)NC. The van der Waals surface area contributed by atoms with Gasteiger partial charge in [0.25, 0.3) is 0 Å². The first-order valence-corrected chi connectivity index (χ1v) is 7.01. The van der Waals surface area contributed by atoms with E-state index in [-0.39, 0.29) is 5.75 Å². The average Bonchev–Trinajstić information content (AvgIpc) is 2.51. The maximum Gasteiger partial charge on any atom is 0.321 e. The maximum atomic E-state index is 13.7. The van der Waals surface area contributed by atoms with Crippen molar-refractivity contribution in [2.45, 2.75) is 26.4 Å².